The first-order valence-corrected chi connectivity index (χ1v) is 6.79. The molecule has 0 radical (unpaired) electrons. The van der Waals surface area contributed by atoms with Gasteiger partial charge in [-0.3, -0.25) is 4.79 Å². The van der Waals surface area contributed by atoms with Crippen LogP contribution in [0.1, 0.15) is 40.5 Å². The van der Waals surface area contributed by atoms with Gasteiger partial charge in [0.1, 0.15) is 5.60 Å². The predicted molar refractivity (Wildman–Crippen MR) is 75.0 cm³/mol. The Morgan fingerprint density at radius 3 is 2.32 bits per heavy atom. The SMILES string of the molecule is CCNC(=O)CCNCCCNC(=O)OC(C)(C)C. The van der Waals surface area contributed by atoms with Gasteiger partial charge in [-0.2, -0.15) is 0 Å². The van der Waals surface area contributed by atoms with Crippen LogP contribution in [0.5, 0.6) is 0 Å². The van der Waals surface area contributed by atoms with Crippen molar-refractivity contribution in [3.05, 3.63) is 0 Å². The second kappa shape index (κ2) is 9.61. The van der Waals surface area contributed by atoms with E-state index in [2.05, 4.69) is 16.0 Å². The first-order valence-electron chi connectivity index (χ1n) is 6.79. The Morgan fingerprint density at radius 1 is 1.05 bits per heavy atom. The highest BCUT2D eigenvalue weighted by atomic mass is 16.6. The van der Waals surface area contributed by atoms with Gasteiger partial charge in [-0.25, -0.2) is 4.79 Å². The normalized spacial score (nSPS) is 10.9. The van der Waals surface area contributed by atoms with Gasteiger partial charge in [-0.05, 0) is 40.7 Å². The van der Waals surface area contributed by atoms with Crippen LogP contribution in [-0.2, 0) is 9.53 Å². The lowest BCUT2D eigenvalue weighted by Crippen LogP contribution is -2.34. The summed E-state index contributed by atoms with van der Waals surface area (Å²) in [5, 5.41) is 8.55. The fraction of sp³-hybridized carbons (Fsp3) is 0.846. The number of hydrogen-bond acceptors (Lipinski definition) is 4. The van der Waals surface area contributed by atoms with Crippen LogP contribution in [0.15, 0.2) is 0 Å². The van der Waals surface area contributed by atoms with Crippen molar-refractivity contribution in [2.75, 3.05) is 26.2 Å². The molecule has 0 rings (SSSR count). The second-order valence-corrected chi connectivity index (χ2v) is 5.24. The summed E-state index contributed by atoms with van der Waals surface area (Å²) in [5.41, 5.74) is -0.463. The lowest BCUT2D eigenvalue weighted by Gasteiger charge is -2.19. The van der Waals surface area contributed by atoms with E-state index in [0.717, 1.165) is 13.0 Å². The van der Waals surface area contributed by atoms with Gasteiger partial charge in [0.05, 0.1) is 0 Å². The number of rotatable bonds is 8. The van der Waals surface area contributed by atoms with Crippen molar-refractivity contribution in [3.8, 4) is 0 Å². The van der Waals surface area contributed by atoms with Crippen LogP contribution < -0.4 is 16.0 Å². The van der Waals surface area contributed by atoms with Crippen molar-refractivity contribution in [2.24, 2.45) is 0 Å². The third-order valence-corrected chi connectivity index (χ3v) is 2.10. The van der Waals surface area contributed by atoms with Gasteiger partial charge in [0.2, 0.25) is 5.91 Å². The number of amides is 2. The van der Waals surface area contributed by atoms with E-state index in [0.29, 0.717) is 26.1 Å². The zero-order valence-corrected chi connectivity index (χ0v) is 12.5. The molecule has 0 aromatic carbocycles. The van der Waals surface area contributed by atoms with Crippen LogP contribution in [0.2, 0.25) is 0 Å². The number of alkyl carbamates (subject to hydrolysis) is 1. The fourth-order valence-corrected chi connectivity index (χ4v) is 1.33. The molecular weight excluding hydrogens is 246 g/mol. The van der Waals surface area contributed by atoms with E-state index in [-0.39, 0.29) is 5.91 Å². The molecule has 0 bridgehead atoms. The number of carbonyl (C=O) groups excluding carboxylic acids is 2. The molecule has 6 heteroatoms. The molecule has 0 aliphatic carbocycles. The Bertz CT molecular complexity index is 275. The molecule has 0 heterocycles. The summed E-state index contributed by atoms with van der Waals surface area (Å²) >= 11 is 0. The molecule has 0 saturated heterocycles. The first kappa shape index (κ1) is 17.7. The smallest absolute Gasteiger partial charge is 0.407 e. The largest absolute Gasteiger partial charge is 0.444 e. The maximum absolute atomic E-state index is 11.3. The highest BCUT2D eigenvalue weighted by Crippen LogP contribution is 2.06. The number of nitrogens with one attached hydrogen (secondary N) is 3. The topological polar surface area (TPSA) is 79.5 Å². The molecule has 2 amide bonds. The van der Waals surface area contributed by atoms with Gasteiger partial charge in [-0.15, -0.1) is 0 Å². The Morgan fingerprint density at radius 2 is 1.74 bits per heavy atom. The van der Waals surface area contributed by atoms with E-state index >= 15 is 0 Å². The minimum absolute atomic E-state index is 0.0573. The van der Waals surface area contributed by atoms with Gasteiger partial charge in [0.15, 0.2) is 0 Å². The predicted octanol–water partition coefficient (Wildman–Crippen LogP) is 1.02. The average Bonchev–Trinajstić information content (AvgIpc) is 2.25. The van der Waals surface area contributed by atoms with Crippen LogP contribution in [0.4, 0.5) is 4.79 Å². The van der Waals surface area contributed by atoms with E-state index in [9.17, 15) is 9.59 Å². The molecule has 0 aromatic heterocycles. The lowest BCUT2D eigenvalue weighted by atomic mass is 10.2. The summed E-state index contributed by atoms with van der Waals surface area (Å²) < 4.78 is 5.10. The second-order valence-electron chi connectivity index (χ2n) is 5.24. The molecule has 0 atom stereocenters. The Balaban J connectivity index is 3.36. The summed E-state index contributed by atoms with van der Waals surface area (Å²) in [5.74, 6) is 0.0573. The number of carbonyl (C=O) groups is 2. The molecular formula is C13H27N3O3. The van der Waals surface area contributed by atoms with Gasteiger partial charge >= 0.3 is 6.09 Å². The average molecular weight is 273 g/mol. The van der Waals surface area contributed by atoms with Gasteiger partial charge in [0.25, 0.3) is 0 Å². The Kier molecular flexibility index (Phi) is 8.95. The van der Waals surface area contributed by atoms with Crippen molar-refractivity contribution in [1.29, 1.82) is 0 Å². The van der Waals surface area contributed by atoms with Crippen molar-refractivity contribution in [3.63, 3.8) is 0 Å². The minimum Gasteiger partial charge on any atom is -0.444 e. The molecule has 6 nitrogen and oxygen atoms in total. The van der Waals surface area contributed by atoms with Crippen molar-refractivity contribution in [1.82, 2.24) is 16.0 Å². The molecule has 19 heavy (non-hydrogen) atoms. The first-order chi connectivity index (χ1) is 8.85. The maximum Gasteiger partial charge on any atom is 0.407 e. The van der Waals surface area contributed by atoms with Gasteiger partial charge in [0, 0.05) is 26.1 Å². The molecule has 0 aliphatic rings. The molecule has 0 aromatic rings. The summed E-state index contributed by atoms with van der Waals surface area (Å²) in [6, 6.07) is 0. The fourth-order valence-electron chi connectivity index (χ4n) is 1.33. The van der Waals surface area contributed by atoms with E-state index in [1.165, 1.54) is 0 Å². The molecule has 3 N–H and O–H groups in total. The van der Waals surface area contributed by atoms with Crippen molar-refractivity contribution in [2.45, 2.75) is 46.1 Å². The number of hydrogen-bond donors (Lipinski definition) is 3. The third-order valence-electron chi connectivity index (χ3n) is 2.10. The summed E-state index contributed by atoms with van der Waals surface area (Å²) in [4.78, 5) is 22.4. The molecule has 0 unspecified atom stereocenters. The van der Waals surface area contributed by atoms with Crippen molar-refractivity contribution < 1.29 is 14.3 Å². The molecule has 0 aliphatic heterocycles. The highest BCUT2D eigenvalue weighted by Gasteiger charge is 2.15. The van der Waals surface area contributed by atoms with Crippen LogP contribution >= 0.6 is 0 Å². The molecule has 0 fully saturated rings. The zero-order chi connectivity index (χ0) is 14.7. The van der Waals surface area contributed by atoms with E-state index in [4.69, 9.17) is 4.74 Å². The minimum atomic E-state index is -0.463. The van der Waals surface area contributed by atoms with Crippen LogP contribution in [0, 0.1) is 0 Å². The zero-order valence-electron chi connectivity index (χ0n) is 12.5. The highest BCUT2D eigenvalue weighted by molar-refractivity contribution is 5.75. The van der Waals surface area contributed by atoms with Crippen LogP contribution in [-0.4, -0.2) is 43.8 Å². The lowest BCUT2D eigenvalue weighted by molar-refractivity contribution is -0.120. The van der Waals surface area contributed by atoms with Crippen molar-refractivity contribution >= 4 is 12.0 Å². The summed E-state index contributed by atoms with van der Waals surface area (Å²) in [6.45, 7) is 10.0. The van der Waals surface area contributed by atoms with E-state index in [1.54, 1.807) is 0 Å². The van der Waals surface area contributed by atoms with E-state index < -0.39 is 11.7 Å². The number of ether oxygens (including phenoxy) is 1. The van der Waals surface area contributed by atoms with Gasteiger partial charge in [-0.1, -0.05) is 0 Å². The van der Waals surface area contributed by atoms with E-state index in [1.807, 2.05) is 27.7 Å². The standard InChI is InChI=1S/C13H27N3O3/c1-5-15-11(17)7-10-14-8-6-9-16-12(18)19-13(2,3)4/h14H,5-10H2,1-4H3,(H,15,17)(H,16,18). The monoisotopic (exact) mass is 273 g/mol. The Hall–Kier alpha value is -1.30. The summed E-state index contributed by atoms with van der Waals surface area (Å²) in [7, 11) is 0. The quantitative estimate of drug-likeness (QED) is 0.577. The van der Waals surface area contributed by atoms with Crippen LogP contribution in [0.25, 0.3) is 0 Å². The third kappa shape index (κ3) is 12.9. The van der Waals surface area contributed by atoms with Gasteiger partial charge < -0.3 is 20.7 Å². The maximum atomic E-state index is 11.3. The molecule has 0 saturated carbocycles. The molecule has 0 spiro atoms. The summed E-state index contributed by atoms with van der Waals surface area (Å²) in [6.07, 6.45) is 0.886. The Labute approximate surface area is 115 Å². The molecule has 112 valence electrons. The van der Waals surface area contributed by atoms with Crippen LogP contribution in [0.3, 0.4) is 0 Å².